The number of Topliss-reactive ketones (excluding diaryl/α,β-unsaturated/α-hetero) is 1. The number of fused-ring (bicyclic) bond motifs is 2. The predicted octanol–water partition coefficient (Wildman–Crippen LogP) is 10.7. The first-order chi connectivity index (χ1) is 21.0. The molecule has 0 saturated carbocycles. The molecule has 44 heavy (non-hydrogen) atoms. The van der Waals surface area contributed by atoms with Gasteiger partial charge in [0.15, 0.2) is 5.78 Å². The monoisotopic (exact) mass is 620 g/mol. The fourth-order valence-corrected chi connectivity index (χ4v) is 6.52. The molecule has 5 rings (SSSR count). The van der Waals surface area contributed by atoms with Crippen LogP contribution in [-0.4, -0.2) is 16.6 Å². The van der Waals surface area contributed by atoms with Gasteiger partial charge in [-0.1, -0.05) is 83.9 Å². The average molecular weight is 622 g/mol. The van der Waals surface area contributed by atoms with Crippen LogP contribution in [-0.2, 0) is 4.79 Å². The number of aryl methyl sites for hydroxylation is 1. The Morgan fingerprint density at radius 1 is 0.886 bits per heavy atom. The molecular weight excluding hydrogens is 587 g/mol. The van der Waals surface area contributed by atoms with Crippen LogP contribution in [0.2, 0.25) is 10.0 Å². The highest BCUT2D eigenvalue weighted by atomic mass is 35.5. The highest BCUT2D eigenvalue weighted by Crippen LogP contribution is 2.40. The number of halogens is 2. The zero-order valence-electron chi connectivity index (χ0n) is 25.2. The summed E-state index contributed by atoms with van der Waals surface area (Å²) in [5.41, 5.74) is 14.0. The van der Waals surface area contributed by atoms with E-state index in [9.17, 15) is 9.90 Å². The molecular formula is C38H34Cl2N2O2. The molecule has 0 saturated heterocycles. The van der Waals surface area contributed by atoms with Gasteiger partial charge in [0, 0.05) is 37.5 Å². The highest BCUT2D eigenvalue weighted by molar-refractivity contribution is 6.37. The first-order valence-electron chi connectivity index (χ1n) is 14.4. The molecule has 0 aliphatic heterocycles. The number of hydrogen-bond donors (Lipinski definition) is 3. The van der Waals surface area contributed by atoms with Crippen LogP contribution in [0.5, 0.6) is 0 Å². The van der Waals surface area contributed by atoms with Gasteiger partial charge in [0.25, 0.3) is 0 Å². The molecule has 0 unspecified atom stereocenters. The van der Waals surface area contributed by atoms with Gasteiger partial charge in [0.2, 0.25) is 0 Å². The van der Waals surface area contributed by atoms with Crippen LogP contribution < -0.4 is 5.73 Å². The Hall–Kier alpha value is -4.38. The molecule has 1 aliphatic rings. The summed E-state index contributed by atoms with van der Waals surface area (Å²) in [6.07, 6.45) is 9.04. The van der Waals surface area contributed by atoms with Crippen molar-refractivity contribution >= 4 is 67.5 Å². The van der Waals surface area contributed by atoms with E-state index in [1.165, 1.54) is 13.8 Å². The quantitative estimate of drug-likeness (QED) is 0.0830. The van der Waals surface area contributed by atoms with E-state index in [0.29, 0.717) is 45.4 Å². The SMILES string of the molecule is CC(=O)C(=C(C)O)C1=C(C=CC(=N)c2cccc3c(Cl)ccc(C)c23)CC/C1=C/C=C(/C)c1cccc2c(Cl)ccc(N)c12. The minimum absolute atomic E-state index is 0.0298. The van der Waals surface area contributed by atoms with E-state index in [2.05, 4.69) is 0 Å². The molecule has 0 heterocycles. The van der Waals surface area contributed by atoms with E-state index < -0.39 is 0 Å². The van der Waals surface area contributed by atoms with Crippen LogP contribution in [0.1, 0.15) is 50.3 Å². The molecule has 4 nitrogen and oxygen atoms in total. The maximum absolute atomic E-state index is 12.8. The zero-order valence-corrected chi connectivity index (χ0v) is 26.7. The number of carbonyl (C=O) groups is 1. The maximum atomic E-state index is 12.8. The molecule has 6 heteroatoms. The number of nitrogens with one attached hydrogen (secondary N) is 1. The molecule has 0 amide bonds. The lowest BCUT2D eigenvalue weighted by atomic mass is 9.92. The van der Waals surface area contributed by atoms with Gasteiger partial charge in [-0.3, -0.25) is 4.79 Å². The molecule has 1 aliphatic carbocycles. The second-order valence-corrected chi connectivity index (χ2v) is 12.0. The summed E-state index contributed by atoms with van der Waals surface area (Å²) >= 11 is 12.9. The fourth-order valence-electron chi connectivity index (χ4n) is 6.08. The van der Waals surface area contributed by atoms with Gasteiger partial charge in [-0.05, 0) is 104 Å². The number of hydrogen-bond acceptors (Lipinski definition) is 4. The average Bonchev–Trinajstić information content (AvgIpc) is 3.39. The van der Waals surface area contributed by atoms with E-state index in [1.807, 2.05) is 86.7 Å². The Morgan fingerprint density at radius 3 is 2.18 bits per heavy atom. The standard InChI is InChI=1S/C38H34Cl2N2O2/c1-21(27-7-5-9-29-32(40)18-20-34(42)38(27)29)11-13-25-14-15-26(37(25)36(23(3)43)24(4)44)16-19-33(41)30-10-6-8-28-31(39)17-12-22(2)35(28)30/h5-13,16-20,41,43H,14-15,42H2,1-4H3/b19-16?,21-11-,25-13-,36-23?,41-33?. The van der Waals surface area contributed by atoms with Crippen molar-refractivity contribution in [2.75, 3.05) is 5.73 Å². The minimum Gasteiger partial charge on any atom is -0.512 e. The van der Waals surface area contributed by atoms with Gasteiger partial charge in [0.05, 0.1) is 11.3 Å². The van der Waals surface area contributed by atoms with Crippen molar-refractivity contribution in [2.24, 2.45) is 0 Å². The molecule has 222 valence electrons. The molecule has 0 bridgehead atoms. The molecule has 0 atom stereocenters. The summed E-state index contributed by atoms with van der Waals surface area (Å²) in [6.45, 7) is 7.03. The fraction of sp³-hybridized carbons (Fsp3) is 0.158. The summed E-state index contributed by atoms with van der Waals surface area (Å²) < 4.78 is 0. The van der Waals surface area contributed by atoms with Gasteiger partial charge < -0.3 is 16.2 Å². The van der Waals surface area contributed by atoms with Gasteiger partial charge in [-0.15, -0.1) is 0 Å². The molecule has 0 fully saturated rings. The van der Waals surface area contributed by atoms with Crippen LogP contribution >= 0.6 is 23.2 Å². The molecule has 4 aromatic carbocycles. The van der Waals surface area contributed by atoms with Gasteiger partial charge in [0.1, 0.15) is 5.76 Å². The second-order valence-electron chi connectivity index (χ2n) is 11.2. The largest absolute Gasteiger partial charge is 0.512 e. The third kappa shape index (κ3) is 5.88. The Kier molecular flexibility index (Phi) is 8.96. The van der Waals surface area contributed by atoms with Crippen LogP contribution in [0.3, 0.4) is 0 Å². The lowest BCUT2D eigenvalue weighted by molar-refractivity contribution is -0.113. The lowest BCUT2D eigenvalue weighted by Gasteiger charge is -2.12. The zero-order chi connectivity index (χ0) is 31.7. The highest BCUT2D eigenvalue weighted by Gasteiger charge is 2.25. The first kappa shape index (κ1) is 31.1. The number of nitrogens with two attached hydrogens (primary N) is 1. The third-order valence-corrected chi connectivity index (χ3v) is 8.85. The molecule has 0 spiro atoms. The first-order valence-corrected chi connectivity index (χ1v) is 15.2. The third-order valence-electron chi connectivity index (χ3n) is 8.19. The lowest BCUT2D eigenvalue weighted by Crippen LogP contribution is -2.05. The van der Waals surface area contributed by atoms with Crippen molar-refractivity contribution in [2.45, 2.75) is 40.5 Å². The Bertz CT molecular complexity index is 2020. The van der Waals surface area contributed by atoms with Crippen molar-refractivity contribution in [3.8, 4) is 0 Å². The number of nitrogen functional groups attached to an aromatic ring is 1. The van der Waals surface area contributed by atoms with Crippen molar-refractivity contribution in [1.29, 1.82) is 5.41 Å². The number of anilines is 1. The Labute approximate surface area is 268 Å². The van der Waals surface area contributed by atoms with Crippen LogP contribution in [0.15, 0.2) is 113 Å². The number of allylic oxidation sites excluding steroid dienone is 10. The van der Waals surface area contributed by atoms with Crippen molar-refractivity contribution in [3.05, 3.63) is 140 Å². The molecule has 4 N–H and O–H groups in total. The Balaban J connectivity index is 1.59. The Morgan fingerprint density at radius 2 is 1.52 bits per heavy atom. The number of benzene rings is 4. The topological polar surface area (TPSA) is 87.2 Å². The van der Waals surface area contributed by atoms with Crippen molar-refractivity contribution < 1.29 is 9.90 Å². The van der Waals surface area contributed by atoms with Gasteiger partial charge >= 0.3 is 0 Å². The minimum atomic E-state index is -0.217. The number of rotatable bonds is 7. The maximum Gasteiger partial charge on any atom is 0.163 e. The summed E-state index contributed by atoms with van der Waals surface area (Å²) in [5.74, 6) is -0.247. The summed E-state index contributed by atoms with van der Waals surface area (Å²) in [5, 5.41) is 24.5. The van der Waals surface area contributed by atoms with Crippen LogP contribution in [0, 0.1) is 12.3 Å². The predicted molar refractivity (Wildman–Crippen MR) is 187 cm³/mol. The second kappa shape index (κ2) is 12.7. The number of aliphatic hydroxyl groups excluding tert-OH is 1. The van der Waals surface area contributed by atoms with Crippen LogP contribution in [0.4, 0.5) is 5.69 Å². The van der Waals surface area contributed by atoms with Gasteiger partial charge in [-0.25, -0.2) is 0 Å². The number of carbonyl (C=O) groups excluding carboxylic acids is 1. The smallest absolute Gasteiger partial charge is 0.163 e. The van der Waals surface area contributed by atoms with E-state index in [4.69, 9.17) is 34.3 Å². The van der Waals surface area contributed by atoms with E-state index in [-0.39, 0.29) is 11.5 Å². The van der Waals surface area contributed by atoms with E-state index in [0.717, 1.165) is 55.0 Å². The van der Waals surface area contributed by atoms with Gasteiger partial charge in [-0.2, -0.15) is 0 Å². The summed E-state index contributed by atoms with van der Waals surface area (Å²) in [6, 6.07) is 19.2. The number of ketones is 1. The van der Waals surface area contributed by atoms with Crippen LogP contribution in [0.25, 0.3) is 27.1 Å². The van der Waals surface area contributed by atoms with E-state index in [1.54, 1.807) is 12.1 Å². The molecule has 0 aromatic heterocycles. The van der Waals surface area contributed by atoms with E-state index >= 15 is 0 Å². The summed E-state index contributed by atoms with van der Waals surface area (Å²) in [7, 11) is 0. The number of aliphatic hydroxyl groups is 1. The molecule has 0 radical (unpaired) electrons. The summed E-state index contributed by atoms with van der Waals surface area (Å²) in [4.78, 5) is 12.8. The van der Waals surface area contributed by atoms with Crippen molar-refractivity contribution in [1.82, 2.24) is 0 Å². The van der Waals surface area contributed by atoms with Crippen molar-refractivity contribution in [3.63, 3.8) is 0 Å². The molecule has 4 aromatic rings. The normalized spacial score (nSPS) is 15.6.